The predicted molar refractivity (Wildman–Crippen MR) is 469 cm³/mol. The van der Waals surface area contributed by atoms with E-state index in [0.717, 1.165) is 137 Å². The maximum absolute atomic E-state index is 10.4. The maximum Gasteiger partial charge on any atom is 0.224 e. The van der Waals surface area contributed by atoms with Crippen molar-refractivity contribution in [3.05, 3.63) is 187 Å². The van der Waals surface area contributed by atoms with E-state index < -0.39 is 5.60 Å². The van der Waals surface area contributed by atoms with Gasteiger partial charge in [-0.1, -0.05) is 152 Å². The largest absolute Gasteiger partial charge is 0.390 e. The van der Waals surface area contributed by atoms with Gasteiger partial charge in [-0.05, 0) is 234 Å². The summed E-state index contributed by atoms with van der Waals surface area (Å²) in [6.45, 7) is 28.0. The standard InChI is InChI=1S/C24H31N7O.3C22H28ClN5/c1-17-28-16-29-31(17)21-7-5-18(6-8-21)9-11-26-23-27-15-20(14-25)22(30-23)12-19-4-3-10-24(2,32)13-19;3*1-15-7-8-19(22(2,3)12-15)27-20-17(13-24)14-26-21(28-20)25-10-9-16-5-4-6-18(23)11-16/h5-8,15,19,29,32H,3-4,9-13,16H2,1-2H3,(H,26,27,30);3*4-6,11,14-15,19H,7-10,12H2,1-3H3,(H2,25,26,27,28)/t19-,24+;2*15-,19+;15-,19-/m0101/s1. The number of aliphatic imine (C=N–C) groups is 1. The van der Waals surface area contributed by atoms with E-state index in [4.69, 9.17) is 34.8 Å². The molecule has 5 heterocycles. The first kappa shape index (κ1) is 88.4. The number of anilines is 8. The minimum Gasteiger partial charge on any atom is -0.390 e. The Morgan fingerprint density at radius 3 is 1.16 bits per heavy atom. The van der Waals surface area contributed by atoms with Crippen LogP contribution in [0.25, 0.3) is 0 Å². The number of benzene rings is 4. The van der Waals surface area contributed by atoms with Gasteiger partial charge >= 0.3 is 0 Å². The van der Waals surface area contributed by atoms with E-state index in [-0.39, 0.29) is 16.2 Å². The van der Waals surface area contributed by atoms with Gasteiger partial charge in [-0.2, -0.15) is 36.0 Å². The fraction of sp³-hybridized carbons (Fsp3) is 0.500. The van der Waals surface area contributed by atoms with Gasteiger partial charge in [-0.15, -0.1) is 0 Å². The number of nitrogens with zero attached hydrogens (tertiary/aromatic N) is 14. The fourth-order valence-electron chi connectivity index (χ4n) is 16.9. The van der Waals surface area contributed by atoms with Gasteiger partial charge in [0.1, 0.15) is 70.9 Å². The highest BCUT2D eigenvalue weighted by Gasteiger charge is 2.39. The van der Waals surface area contributed by atoms with Gasteiger partial charge in [0, 0.05) is 59.4 Å². The number of amidine groups is 1. The Bertz CT molecular complexity index is 4430. The lowest BCUT2D eigenvalue weighted by Gasteiger charge is -2.42. The first-order chi connectivity index (χ1) is 55.5. The number of halogens is 3. The fourth-order valence-corrected chi connectivity index (χ4v) is 17.5. The van der Waals surface area contributed by atoms with Crippen LogP contribution in [0.1, 0.15) is 210 Å². The number of aromatic nitrogens is 8. The van der Waals surface area contributed by atoms with Gasteiger partial charge in [0.05, 0.1) is 47.3 Å². The molecule has 4 aliphatic carbocycles. The van der Waals surface area contributed by atoms with Gasteiger partial charge in [-0.3, -0.25) is 10.0 Å². The number of nitrogens with one attached hydrogen (secondary N) is 8. The molecule has 0 unspecified atom stereocenters. The third-order valence-corrected chi connectivity index (χ3v) is 23.7. The van der Waals surface area contributed by atoms with Crippen molar-refractivity contribution in [3.63, 3.8) is 0 Å². The normalized spacial score (nSPS) is 21.5. The highest BCUT2D eigenvalue weighted by Crippen LogP contribution is 2.44. The van der Waals surface area contributed by atoms with Crippen molar-refractivity contribution in [2.45, 2.75) is 215 Å². The van der Waals surface area contributed by atoms with Crippen LogP contribution in [0.3, 0.4) is 0 Å². The van der Waals surface area contributed by atoms with Crippen LogP contribution in [0.2, 0.25) is 15.1 Å². The smallest absolute Gasteiger partial charge is 0.224 e. The molecule has 4 fully saturated rings. The highest BCUT2D eigenvalue weighted by atomic mass is 35.5. The summed E-state index contributed by atoms with van der Waals surface area (Å²) in [5, 5.41) is 76.1. The summed E-state index contributed by atoms with van der Waals surface area (Å²) in [7, 11) is 0. The lowest BCUT2D eigenvalue weighted by Crippen LogP contribution is -2.41. The Labute approximate surface area is 701 Å². The lowest BCUT2D eigenvalue weighted by molar-refractivity contribution is 0.00106. The third-order valence-electron chi connectivity index (χ3n) is 23.0. The summed E-state index contributed by atoms with van der Waals surface area (Å²) < 4.78 is 0. The van der Waals surface area contributed by atoms with Crippen LogP contribution in [-0.2, 0) is 32.1 Å². The van der Waals surface area contributed by atoms with Crippen LogP contribution in [0.5, 0.6) is 0 Å². The molecule has 4 aromatic heterocycles. The molecule has 5 aliphatic rings. The second-order valence-corrected chi connectivity index (χ2v) is 35.7. The molecule has 4 aromatic carbocycles. The molecule has 8 atom stereocenters. The molecule has 0 radical (unpaired) electrons. The molecule has 4 saturated carbocycles. The first-order valence-electron chi connectivity index (χ1n) is 41.0. The van der Waals surface area contributed by atoms with Crippen LogP contribution < -0.4 is 47.7 Å². The van der Waals surface area contributed by atoms with Crippen LogP contribution in [-0.4, -0.2) is 107 Å². The maximum atomic E-state index is 10.4. The summed E-state index contributed by atoms with van der Waals surface area (Å²) in [5.41, 5.74) is 11.6. The molecule has 0 amide bonds. The van der Waals surface area contributed by atoms with Gasteiger partial charge in [-0.25, -0.2) is 30.3 Å². The number of hydrazine groups is 1. The molecule has 0 bridgehead atoms. The minimum atomic E-state index is -0.615. The van der Waals surface area contributed by atoms with E-state index in [1.807, 2.05) is 91.7 Å². The second kappa shape index (κ2) is 41.7. The summed E-state index contributed by atoms with van der Waals surface area (Å²) in [6, 6.07) is 41.6. The lowest BCUT2D eigenvalue weighted by atomic mass is 9.69. The molecular formula is C90H115Cl3N22O. The molecule has 0 spiro atoms. The van der Waals surface area contributed by atoms with Crippen molar-refractivity contribution in [2.75, 3.05) is 75.1 Å². The quantitative estimate of drug-likeness (QED) is 0.0257. The molecule has 9 N–H and O–H groups in total. The highest BCUT2D eigenvalue weighted by molar-refractivity contribution is 6.31. The SMILES string of the molecule is CC1=NCNN1c1ccc(CCNc2ncc(C#N)c(C[C@@H]3CCC[C@@](C)(O)C3)n2)cc1.C[C@@H]1CC[C@@H](Nc2nc(NCCc3cccc(Cl)c3)ncc2C#N)C(C)(C)C1.C[C@@H]1CC[C@H](Nc2nc(NCCc3cccc(Cl)c3)ncc2C#N)C(C)(C)C1.C[C@H]1CC[C@@H](Nc2nc(NCCc3cccc(Cl)c3)ncc2C#N)C(C)(C)C1. The minimum absolute atomic E-state index is 0.162. The van der Waals surface area contributed by atoms with Gasteiger partial charge in [0.25, 0.3) is 0 Å². The van der Waals surface area contributed by atoms with Crippen LogP contribution >= 0.6 is 34.8 Å². The third kappa shape index (κ3) is 26.5. The summed E-state index contributed by atoms with van der Waals surface area (Å²) in [5.74, 6) is 7.51. The summed E-state index contributed by atoms with van der Waals surface area (Å²) in [6.07, 6.45) is 24.4. The van der Waals surface area contributed by atoms with Crippen molar-refractivity contribution in [3.8, 4) is 24.3 Å². The molecular weight excluding hydrogens is 1510 g/mol. The molecule has 23 nitrogen and oxygen atoms in total. The van der Waals surface area contributed by atoms with Crippen molar-refractivity contribution in [1.29, 1.82) is 21.0 Å². The topological polar surface area (TPSA) is 330 Å². The molecule has 26 heteroatoms. The van der Waals surface area contributed by atoms with Crippen molar-refractivity contribution in [2.24, 2.45) is 44.9 Å². The second-order valence-electron chi connectivity index (χ2n) is 34.4. The Morgan fingerprint density at radius 1 is 0.466 bits per heavy atom. The number of hydrogen-bond acceptors (Lipinski definition) is 23. The van der Waals surface area contributed by atoms with Gasteiger partial charge in [0.2, 0.25) is 23.8 Å². The van der Waals surface area contributed by atoms with E-state index in [2.05, 4.69) is 198 Å². The molecule has 1 aliphatic heterocycles. The van der Waals surface area contributed by atoms with E-state index in [1.165, 1.54) is 44.1 Å². The van der Waals surface area contributed by atoms with Crippen LogP contribution in [0, 0.1) is 85.2 Å². The Morgan fingerprint density at radius 2 is 0.828 bits per heavy atom. The van der Waals surface area contributed by atoms with Gasteiger partial charge < -0.3 is 42.3 Å². The van der Waals surface area contributed by atoms with Crippen LogP contribution in [0.4, 0.5) is 46.9 Å². The van der Waals surface area contributed by atoms with Crippen molar-refractivity contribution < 1.29 is 5.11 Å². The van der Waals surface area contributed by atoms with E-state index in [1.54, 1.807) is 24.8 Å². The monoisotopic (exact) mass is 1620 g/mol. The number of rotatable bonds is 25. The molecule has 612 valence electrons. The first-order valence-corrected chi connectivity index (χ1v) is 42.1. The molecule has 8 aromatic rings. The Balaban J connectivity index is 0.000000164. The van der Waals surface area contributed by atoms with E-state index in [9.17, 15) is 26.2 Å². The number of aliphatic hydroxyl groups is 1. The molecule has 0 saturated heterocycles. The Kier molecular flexibility index (Phi) is 31.8. The summed E-state index contributed by atoms with van der Waals surface area (Å²) in [4.78, 5) is 39.9. The van der Waals surface area contributed by atoms with E-state index >= 15 is 0 Å². The summed E-state index contributed by atoms with van der Waals surface area (Å²) >= 11 is 18.1. The predicted octanol–water partition coefficient (Wildman–Crippen LogP) is 19.0. The molecule has 116 heavy (non-hydrogen) atoms. The zero-order valence-corrected chi connectivity index (χ0v) is 71.5. The van der Waals surface area contributed by atoms with Crippen molar-refractivity contribution in [1.82, 2.24) is 45.3 Å². The van der Waals surface area contributed by atoms with Crippen LogP contribution in [0.15, 0.2) is 127 Å². The zero-order valence-electron chi connectivity index (χ0n) is 69.2. The number of hydrogen-bond donors (Lipinski definition) is 9. The Hall–Kier alpha value is -9.98. The zero-order chi connectivity index (χ0) is 83.0. The van der Waals surface area contributed by atoms with Crippen molar-refractivity contribution >= 4 is 87.6 Å². The average Bonchev–Trinajstić information content (AvgIpc) is 0.918. The van der Waals surface area contributed by atoms with Gasteiger partial charge in [0.15, 0.2) is 0 Å². The number of nitriles is 4. The average molecular weight is 1630 g/mol. The van der Waals surface area contributed by atoms with E-state index in [0.29, 0.717) is 127 Å². The molecule has 13 rings (SSSR count).